The molecule has 3 aromatic rings. The maximum Gasteiger partial charge on any atom is 0.259 e. The smallest absolute Gasteiger partial charge is 0.259 e. The molecule has 3 rings (SSSR count). The van der Waals surface area contributed by atoms with Crippen LogP contribution in [0.2, 0.25) is 0 Å². The van der Waals surface area contributed by atoms with Crippen molar-refractivity contribution < 1.29 is 27.1 Å². The summed E-state index contributed by atoms with van der Waals surface area (Å²) in [5.74, 6) is -0.387. The van der Waals surface area contributed by atoms with Crippen LogP contribution in [0.1, 0.15) is 10.4 Å². The summed E-state index contributed by atoms with van der Waals surface area (Å²) in [6.07, 6.45) is 1.05. The summed E-state index contributed by atoms with van der Waals surface area (Å²) in [6, 6.07) is 15.7. The monoisotopic (exact) mass is 458 g/mol. The SMILES string of the molecule is COc1cccc(C(=O)Nc2cc(-c3ccccc3F)ccc2N(C)S(C)(=O)=O)c1OC. The fourth-order valence-electron chi connectivity index (χ4n) is 3.21. The maximum atomic E-state index is 14.3. The zero-order valence-corrected chi connectivity index (χ0v) is 18.9. The summed E-state index contributed by atoms with van der Waals surface area (Å²) < 4.78 is 50.2. The van der Waals surface area contributed by atoms with Crippen molar-refractivity contribution in [3.05, 3.63) is 72.0 Å². The van der Waals surface area contributed by atoms with Gasteiger partial charge in [-0.2, -0.15) is 0 Å². The fourth-order valence-corrected chi connectivity index (χ4v) is 3.72. The Kier molecular flexibility index (Phi) is 6.69. The van der Waals surface area contributed by atoms with Gasteiger partial charge in [0.1, 0.15) is 5.82 Å². The largest absolute Gasteiger partial charge is 0.493 e. The predicted molar refractivity (Wildman–Crippen MR) is 123 cm³/mol. The third-order valence-electron chi connectivity index (χ3n) is 4.91. The maximum absolute atomic E-state index is 14.3. The second kappa shape index (κ2) is 9.27. The highest BCUT2D eigenvalue weighted by molar-refractivity contribution is 7.92. The molecular formula is C23H23FN2O5S. The number of rotatable bonds is 7. The second-order valence-electron chi connectivity index (χ2n) is 6.94. The van der Waals surface area contributed by atoms with Gasteiger partial charge in [-0.05, 0) is 35.9 Å². The van der Waals surface area contributed by atoms with Gasteiger partial charge >= 0.3 is 0 Å². The summed E-state index contributed by atoms with van der Waals surface area (Å²) in [4.78, 5) is 13.1. The first-order valence-corrected chi connectivity index (χ1v) is 11.4. The number of methoxy groups -OCH3 is 2. The van der Waals surface area contributed by atoms with E-state index in [1.807, 2.05) is 0 Å². The molecule has 0 aromatic heterocycles. The fraction of sp³-hybridized carbons (Fsp3) is 0.174. The number of sulfonamides is 1. The highest BCUT2D eigenvalue weighted by Gasteiger charge is 2.21. The highest BCUT2D eigenvalue weighted by atomic mass is 32.2. The van der Waals surface area contributed by atoms with Crippen LogP contribution >= 0.6 is 0 Å². The summed E-state index contributed by atoms with van der Waals surface area (Å²) in [5, 5.41) is 2.73. The van der Waals surface area contributed by atoms with Crippen LogP contribution in [0.4, 0.5) is 15.8 Å². The number of hydrogen-bond acceptors (Lipinski definition) is 5. The summed E-state index contributed by atoms with van der Waals surface area (Å²) in [6.45, 7) is 0. The summed E-state index contributed by atoms with van der Waals surface area (Å²) in [5.41, 5.74) is 1.39. The molecule has 0 bridgehead atoms. The van der Waals surface area contributed by atoms with E-state index >= 15 is 0 Å². The van der Waals surface area contributed by atoms with Gasteiger partial charge in [-0.15, -0.1) is 0 Å². The van der Waals surface area contributed by atoms with Gasteiger partial charge in [0.15, 0.2) is 11.5 Å². The van der Waals surface area contributed by atoms with Crippen LogP contribution in [0.25, 0.3) is 11.1 Å². The van der Waals surface area contributed by atoms with E-state index in [0.29, 0.717) is 16.9 Å². The van der Waals surface area contributed by atoms with Crippen LogP contribution in [0, 0.1) is 5.82 Å². The number of benzene rings is 3. The Morgan fingerprint density at radius 1 is 1.00 bits per heavy atom. The standard InChI is InChI=1S/C23H23FN2O5S/c1-26(32(4,28)29)20-13-12-15(16-8-5-6-10-18(16)24)14-19(20)25-23(27)17-9-7-11-21(30-2)22(17)31-3/h5-14H,1-4H3,(H,25,27). The minimum atomic E-state index is -3.62. The van der Waals surface area contributed by atoms with Gasteiger partial charge in [0, 0.05) is 12.6 Å². The van der Waals surface area contributed by atoms with Crippen molar-refractivity contribution in [1.29, 1.82) is 0 Å². The minimum absolute atomic E-state index is 0.188. The van der Waals surface area contributed by atoms with Gasteiger partial charge in [-0.1, -0.05) is 30.3 Å². The van der Waals surface area contributed by atoms with E-state index in [2.05, 4.69) is 5.32 Å². The molecule has 0 radical (unpaired) electrons. The normalized spacial score (nSPS) is 11.0. The molecule has 1 amide bonds. The van der Waals surface area contributed by atoms with E-state index in [4.69, 9.17) is 9.47 Å². The molecule has 0 aliphatic heterocycles. The Hall–Kier alpha value is -3.59. The van der Waals surface area contributed by atoms with E-state index < -0.39 is 21.7 Å². The molecule has 3 aromatic carbocycles. The number of hydrogen-bond donors (Lipinski definition) is 1. The molecule has 168 valence electrons. The molecule has 0 heterocycles. The molecule has 7 nitrogen and oxygen atoms in total. The van der Waals surface area contributed by atoms with Gasteiger partial charge in [-0.25, -0.2) is 12.8 Å². The van der Waals surface area contributed by atoms with Gasteiger partial charge < -0.3 is 14.8 Å². The Bertz CT molecular complexity index is 1260. The number of ether oxygens (including phenoxy) is 2. The van der Waals surface area contributed by atoms with Gasteiger partial charge in [-0.3, -0.25) is 9.10 Å². The quantitative estimate of drug-likeness (QED) is 0.575. The van der Waals surface area contributed by atoms with Gasteiger partial charge in [0.05, 0.1) is 37.4 Å². The number of carbonyl (C=O) groups excluding carboxylic acids is 1. The van der Waals surface area contributed by atoms with Crippen molar-refractivity contribution in [2.45, 2.75) is 0 Å². The Balaban J connectivity index is 2.12. The van der Waals surface area contributed by atoms with Gasteiger partial charge in [0.25, 0.3) is 5.91 Å². The van der Waals surface area contributed by atoms with Crippen molar-refractivity contribution in [1.82, 2.24) is 0 Å². The van der Waals surface area contributed by atoms with Crippen molar-refractivity contribution in [2.24, 2.45) is 0 Å². The zero-order chi connectivity index (χ0) is 23.5. The first-order valence-electron chi connectivity index (χ1n) is 9.52. The summed E-state index contributed by atoms with van der Waals surface area (Å²) >= 11 is 0. The van der Waals surface area contributed by atoms with Crippen molar-refractivity contribution in [3.8, 4) is 22.6 Å². The first-order chi connectivity index (χ1) is 15.2. The van der Waals surface area contributed by atoms with Crippen LogP contribution in [-0.2, 0) is 10.0 Å². The molecule has 0 fully saturated rings. The average Bonchev–Trinajstić information content (AvgIpc) is 2.77. The molecule has 0 unspecified atom stereocenters. The number of carbonyl (C=O) groups is 1. The molecular weight excluding hydrogens is 435 g/mol. The van der Waals surface area contributed by atoms with Crippen molar-refractivity contribution in [3.63, 3.8) is 0 Å². The van der Waals surface area contributed by atoms with Crippen LogP contribution < -0.4 is 19.1 Å². The molecule has 0 spiro atoms. The molecule has 0 aliphatic carbocycles. The number of amides is 1. The number of nitrogens with zero attached hydrogens (tertiary/aromatic N) is 1. The lowest BCUT2D eigenvalue weighted by Crippen LogP contribution is -2.26. The third kappa shape index (κ3) is 4.67. The molecule has 32 heavy (non-hydrogen) atoms. The number of anilines is 2. The molecule has 0 saturated carbocycles. The third-order valence-corrected chi connectivity index (χ3v) is 6.11. The van der Waals surface area contributed by atoms with Crippen LogP contribution in [-0.4, -0.2) is 41.8 Å². The predicted octanol–water partition coefficient (Wildman–Crippen LogP) is 4.16. The molecule has 1 N–H and O–H groups in total. The molecule has 0 saturated heterocycles. The number of nitrogens with one attached hydrogen (secondary N) is 1. The molecule has 9 heteroatoms. The Morgan fingerprint density at radius 2 is 1.72 bits per heavy atom. The van der Waals surface area contributed by atoms with E-state index in [1.165, 1.54) is 39.5 Å². The van der Waals surface area contributed by atoms with Gasteiger partial charge in [0.2, 0.25) is 10.0 Å². The van der Waals surface area contributed by atoms with Crippen molar-refractivity contribution in [2.75, 3.05) is 37.1 Å². The summed E-state index contributed by atoms with van der Waals surface area (Å²) in [7, 11) is 0.614. The average molecular weight is 459 g/mol. The lowest BCUT2D eigenvalue weighted by atomic mass is 10.0. The van der Waals surface area contributed by atoms with Crippen LogP contribution in [0.3, 0.4) is 0 Å². The molecule has 0 atom stereocenters. The van der Waals surface area contributed by atoms with E-state index in [1.54, 1.807) is 42.5 Å². The highest BCUT2D eigenvalue weighted by Crippen LogP contribution is 2.35. The lowest BCUT2D eigenvalue weighted by Gasteiger charge is -2.22. The van der Waals surface area contributed by atoms with Crippen LogP contribution in [0.5, 0.6) is 11.5 Å². The first kappa shape index (κ1) is 23.1. The van der Waals surface area contributed by atoms with E-state index in [0.717, 1.165) is 10.6 Å². The van der Waals surface area contributed by atoms with Crippen LogP contribution in [0.15, 0.2) is 60.7 Å². The van der Waals surface area contributed by atoms with E-state index in [9.17, 15) is 17.6 Å². The van der Waals surface area contributed by atoms with Crippen molar-refractivity contribution >= 4 is 27.3 Å². The lowest BCUT2D eigenvalue weighted by molar-refractivity contribution is 0.102. The topological polar surface area (TPSA) is 84.9 Å². The Labute approximate surface area is 186 Å². The molecule has 0 aliphatic rings. The Morgan fingerprint density at radius 3 is 2.34 bits per heavy atom. The number of para-hydroxylation sites is 1. The zero-order valence-electron chi connectivity index (χ0n) is 18.0. The minimum Gasteiger partial charge on any atom is -0.493 e. The van der Waals surface area contributed by atoms with E-state index in [-0.39, 0.29) is 22.7 Å². The second-order valence-corrected chi connectivity index (χ2v) is 8.95. The number of halogens is 1.